The van der Waals surface area contributed by atoms with Crippen LogP contribution in [-0.2, 0) is 0 Å². The van der Waals surface area contributed by atoms with Crippen LogP contribution in [0.25, 0.3) is 0 Å². The van der Waals surface area contributed by atoms with Crippen molar-refractivity contribution in [3.63, 3.8) is 0 Å². The van der Waals surface area contributed by atoms with Gasteiger partial charge in [-0.3, -0.25) is 0 Å². The van der Waals surface area contributed by atoms with Crippen molar-refractivity contribution in [3.05, 3.63) is 27.3 Å². The smallest absolute Gasteiger partial charge is 0.337 e. The number of nitriles is 1. The Morgan fingerprint density at radius 3 is 2.75 bits per heavy atom. The third kappa shape index (κ3) is 4.38. The van der Waals surface area contributed by atoms with Gasteiger partial charge in [0.1, 0.15) is 0 Å². The molecule has 0 fully saturated rings. The Kier molecular flexibility index (Phi) is 5.76. The van der Waals surface area contributed by atoms with Crippen LogP contribution in [0.5, 0.6) is 0 Å². The maximum Gasteiger partial charge on any atom is 0.337 e. The van der Waals surface area contributed by atoms with Crippen LogP contribution in [0.3, 0.4) is 0 Å². The number of hydrogen-bond donors (Lipinski definition) is 2. The number of nitrogens with zero attached hydrogens (tertiary/aromatic N) is 2. The number of aromatic carboxylic acids is 1. The second-order valence-corrected chi connectivity index (χ2v) is 5.58. The Balaban J connectivity index is 2.86. The number of benzene rings is 1. The number of halogens is 1. The second kappa shape index (κ2) is 7.09. The summed E-state index contributed by atoms with van der Waals surface area (Å²) in [5.74, 6) is -1.40. The minimum absolute atomic E-state index is 0.0342. The zero-order chi connectivity index (χ0) is 15.3. The molecule has 7 heteroatoms. The van der Waals surface area contributed by atoms with Crippen LogP contribution in [0.1, 0.15) is 17.3 Å². The van der Waals surface area contributed by atoms with Gasteiger partial charge in [-0.15, -0.1) is 0 Å². The predicted octanol–water partition coefficient (Wildman–Crippen LogP) is 2.61. The summed E-state index contributed by atoms with van der Waals surface area (Å²) in [6.45, 7) is 1.98. The number of rotatable bonds is 4. The minimum Gasteiger partial charge on any atom is -0.478 e. The SMILES string of the molecule is CC(C#N)CN(C)C(=O)Nc1ccc(I)cc1C(=O)O. The van der Waals surface area contributed by atoms with Crippen LogP contribution >= 0.6 is 22.6 Å². The molecular formula is C13H14IN3O3. The van der Waals surface area contributed by atoms with Crippen molar-refractivity contribution >= 4 is 40.3 Å². The first-order valence-electron chi connectivity index (χ1n) is 5.79. The second-order valence-electron chi connectivity index (χ2n) is 4.34. The van der Waals surface area contributed by atoms with Crippen molar-refractivity contribution in [1.82, 2.24) is 4.90 Å². The molecule has 2 amide bonds. The van der Waals surface area contributed by atoms with Crippen molar-refractivity contribution in [2.24, 2.45) is 5.92 Å². The monoisotopic (exact) mass is 387 g/mol. The summed E-state index contributed by atoms with van der Waals surface area (Å²) < 4.78 is 0.768. The highest BCUT2D eigenvalue weighted by molar-refractivity contribution is 14.1. The average Bonchev–Trinajstić information content (AvgIpc) is 2.40. The zero-order valence-electron chi connectivity index (χ0n) is 11.1. The van der Waals surface area contributed by atoms with E-state index in [2.05, 4.69) is 5.32 Å². The Labute approximate surface area is 130 Å². The predicted molar refractivity (Wildman–Crippen MR) is 82.5 cm³/mol. The number of carboxylic acid groups (broad SMARTS) is 1. The van der Waals surface area contributed by atoms with Crippen molar-refractivity contribution < 1.29 is 14.7 Å². The van der Waals surface area contributed by atoms with Gasteiger partial charge >= 0.3 is 12.0 Å². The number of carboxylic acids is 1. The molecule has 0 saturated carbocycles. The number of amides is 2. The highest BCUT2D eigenvalue weighted by atomic mass is 127. The van der Waals surface area contributed by atoms with Gasteiger partial charge in [-0.05, 0) is 47.7 Å². The Morgan fingerprint density at radius 2 is 2.20 bits per heavy atom. The maximum atomic E-state index is 11.9. The first-order chi connectivity index (χ1) is 9.35. The fourth-order valence-electron chi connectivity index (χ4n) is 1.55. The van der Waals surface area contributed by atoms with E-state index in [4.69, 9.17) is 10.4 Å². The Morgan fingerprint density at radius 1 is 1.55 bits per heavy atom. The number of hydrogen-bond acceptors (Lipinski definition) is 3. The fourth-order valence-corrected chi connectivity index (χ4v) is 2.04. The first kappa shape index (κ1) is 16.2. The average molecular weight is 387 g/mol. The van der Waals surface area contributed by atoms with Gasteiger partial charge in [0.2, 0.25) is 0 Å². The quantitative estimate of drug-likeness (QED) is 0.777. The largest absolute Gasteiger partial charge is 0.478 e. The molecule has 106 valence electrons. The van der Waals surface area contributed by atoms with E-state index in [1.807, 2.05) is 28.7 Å². The summed E-state index contributed by atoms with van der Waals surface area (Å²) in [5.41, 5.74) is 0.270. The van der Waals surface area contributed by atoms with Crippen LogP contribution < -0.4 is 5.32 Å². The molecule has 0 spiro atoms. The molecule has 1 aromatic rings. The maximum absolute atomic E-state index is 11.9. The van der Waals surface area contributed by atoms with E-state index in [1.54, 1.807) is 26.1 Å². The summed E-state index contributed by atoms with van der Waals surface area (Å²) >= 11 is 2.00. The molecule has 0 saturated heterocycles. The van der Waals surface area contributed by atoms with Gasteiger partial charge in [0.15, 0.2) is 0 Å². The van der Waals surface area contributed by atoms with Gasteiger partial charge in [-0.1, -0.05) is 0 Å². The third-order valence-electron chi connectivity index (χ3n) is 2.57. The van der Waals surface area contributed by atoms with E-state index in [9.17, 15) is 9.59 Å². The lowest BCUT2D eigenvalue weighted by Gasteiger charge is -2.19. The minimum atomic E-state index is -1.10. The lowest BCUT2D eigenvalue weighted by atomic mass is 10.2. The van der Waals surface area contributed by atoms with Crippen molar-refractivity contribution in [3.8, 4) is 6.07 Å². The highest BCUT2D eigenvalue weighted by Gasteiger charge is 2.16. The van der Waals surface area contributed by atoms with Crippen molar-refractivity contribution in [2.75, 3.05) is 18.9 Å². The molecule has 0 bridgehead atoms. The van der Waals surface area contributed by atoms with Gasteiger partial charge in [0.25, 0.3) is 0 Å². The van der Waals surface area contributed by atoms with Gasteiger partial charge in [-0.2, -0.15) is 5.26 Å². The standard InChI is InChI=1S/C13H14IN3O3/c1-8(6-15)7-17(2)13(20)16-11-4-3-9(14)5-10(11)12(18)19/h3-5,8H,7H2,1-2H3,(H,16,20)(H,18,19). The van der Waals surface area contributed by atoms with E-state index in [-0.39, 0.29) is 23.7 Å². The van der Waals surface area contributed by atoms with Gasteiger partial charge in [0, 0.05) is 17.2 Å². The normalized spacial score (nSPS) is 11.3. The number of urea groups is 1. The van der Waals surface area contributed by atoms with Crippen LogP contribution in [0.2, 0.25) is 0 Å². The van der Waals surface area contributed by atoms with Crippen LogP contribution in [0, 0.1) is 20.8 Å². The zero-order valence-corrected chi connectivity index (χ0v) is 13.2. The number of nitrogens with one attached hydrogen (secondary N) is 1. The van der Waals surface area contributed by atoms with Crippen LogP contribution in [0.15, 0.2) is 18.2 Å². The van der Waals surface area contributed by atoms with Gasteiger partial charge in [-0.25, -0.2) is 9.59 Å². The van der Waals surface area contributed by atoms with Crippen molar-refractivity contribution in [2.45, 2.75) is 6.92 Å². The molecule has 1 rings (SSSR count). The lowest BCUT2D eigenvalue weighted by molar-refractivity contribution is 0.0698. The molecule has 1 atom stereocenters. The summed E-state index contributed by atoms with van der Waals surface area (Å²) in [6, 6.07) is 6.32. The molecular weight excluding hydrogens is 373 g/mol. The number of carbonyl (C=O) groups excluding carboxylic acids is 1. The third-order valence-corrected chi connectivity index (χ3v) is 3.24. The molecule has 0 radical (unpaired) electrons. The van der Waals surface area contributed by atoms with E-state index in [0.717, 1.165) is 3.57 Å². The fraction of sp³-hybridized carbons (Fsp3) is 0.308. The van der Waals surface area contributed by atoms with Gasteiger partial charge < -0.3 is 15.3 Å². The van der Waals surface area contributed by atoms with E-state index in [0.29, 0.717) is 0 Å². The molecule has 2 N–H and O–H groups in total. The number of carbonyl (C=O) groups is 2. The van der Waals surface area contributed by atoms with Gasteiger partial charge in [0.05, 0.1) is 23.2 Å². The van der Waals surface area contributed by atoms with Crippen LogP contribution in [0.4, 0.5) is 10.5 Å². The topological polar surface area (TPSA) is 93.4 Å². The molecule has 6 nitrogen and oxygen atoms in total. The van der Waals surface area contributed by atoms with E-state index in [1.165, 1.54) is 11.0 Å². The highest BCUT2D eigenvalue weighted by Crippen LogP contribution is 2.19. The van der Waals surface area contributed by atoms with E-state index >= 15 is 0 Å². The summed E-state index contributed by atoms with van der Waals surface area (Å²) in [7, 11) is 1.55. The molecule has 0 aliphatic rings. The molecule has 0 aliphatic carbocycles. The summed E-state index contributed by atoms with van der Waals surface area (Å²) in [6.07, 6.45) is 0. The molecule has 1 unspecified atom stereocenters. The van der Waals surface area contributed by atoms with E-state index < -0.39 is 12.0 Å². The molecule has 1 aromatic carbocycles. The summed E-state index contributed by atoms with van der Waals surface area (Å²) in [4.78, 5) is 24.4. The molecule has 0 aromatic heterocycles. The van der Waals surface area contributed by atoms with Crippen molar-refractivity contribution in [1.29, 1.82) is 5.26 Å². The Hall–Kier alpha value is -1.82. The van der Waals surface area contributed by atoms with Crippen LogP contribution in [-0.4, -0.2) is 35.6 Å². The Bertz CT molecular complexity index is 568. The summed E-state index contributed by atoms with van der Waals surface area (Å²) in [5, 5.41) is 20.4. The number of anilines is 1. The molecule has 20 heavy (non-hydrogen) atoms. The lowest BCUT2D eigenvalue weighted by Crippen LogP contribution is -2.34. The molecule has 0 aliphatic heterocycles. The first-order valence-corrected chi connectivity index (χ1v) is 6.87. The molecule has 0 heterocycles.